The molecule has 0 aromatic heterocycles. The third-order valence-electron chi connectivity index (χ3n) is 7.07. The largest absolute Gasteiger partial charge is 0.427 e. The van der Waals surface area contributed by atoms with Gasteiger partial charge in [-0.25, -0.2) is 0 Å². The quantitative estimate of drug-likeness (QED) is 0.0534. The van der Waals surface area contributed by atoms with E-state index in [1.165, 1.54) is 0 Å². The van der Waals surface area contributed by atoms with Crippen molar-refractivity contribution in [1.29, 1.82) is 10.5 Å². The summed E-state index contributed by atoms with van der Waals surface area (Å²) in [6.07, 6.45) is 5.95. The van der Waals surface area contributed by atoms with E-state index in [-0.39, 0.29) is 24.8 Å². The molecule has 0 bridgehead atoms. The summed E-state index contributed by atoms with van der Waals surface area (Å²) in [5.41, 5.74) is 6.72. The van der Waals surface area contributed by atoms with Gasteiger partial charge in [-0.15, -0.1) is 0 Å². The predicted molar refractivity (Wildman–Crippen MR) is 177 cm³/mol. The van der Waals surface area contributed by atoms with E-state index < -0.39 is 0 Å². The minimum atomic E-state index is -0.339. The van der Waals surface area contributed by atoms with Crippen LogP contribution in [-0.4, -0.2) is 11.9 Å². The number of carbonyl (C=O) groups is 2. The molecule has 0 aliphatic rings. The summed E-state index contributed by atoms with van der Waals surface area (Å²) < 4.78 is 10.9. The first-order chi connectivity index (χ1) is 21.8. The highest BCUT2D eigenvalue weighted by Crippen LogP contribution is 2.22. The normalized spacial score (nSPS) is 11.3. The summed E-state index contributed by atoms with van der Waals surface area (Å²) in [7, 11) is 0. The lowest BCUT2D eigenvalue weighted by Gasteiger charge is -2.06. The lowest BCUT2D eigenvalue weighted by atomic mass is 10.0. The Balaban J connectivity index is 1.16. The molecule has 0 aliphatic carbocycles. The summed E-state index contributed by atoms with van der Waals surface area (Å²) in [4.78, 5) is 24.6. The van der Waals surface area contributed by atoms with E-state index in [0.29, 0.717) is 41.9 Å². The van der Waals surface area contributed by atoms with Gasteiger partial charge in [0.25, 0.3) is 0 Å². The highest BCUT2D eigenvalue weighted by atomic mass is 16.5. The smallest absolute Gasteiger partial charge is 0.311 e. The zero-order valence-electron chi connectivity index (χ0n) is 25.5. The maximum Gasteiger partial charge on any atom is 0.311 e. The molecule has 4 aromatic carbocycles. The molecule has 224 valence electrons. The molecule has 0 amide bonds. The molecule has 0 radical (unpaired) electrons. The number of carbonyl (C=O) groups excluding carboxylic acids is 2. The lowest BCUT2D eigenvalue weighted by Crippen LogP contribution is -2.09. The van der Waals surface area contributed by atoms with Crippen molar-refractivity contribution in [2.24, 2.45) is 0 Å². The van der Waals surface area contributed by atoms with Crippen LogP contribution in [0.5, 0.6) is 11.5 Å². The number of aryl methyl sites for hydroxylation is 2. The number of nitriles is 2. The fraction of sp³-hybridized carbons (Fsp3) is 0.179. The second kappa shape index (κ2) is 16.2. The van der Waals surface area contributed by atoms with Crippen LogP contribution in [-0.2, 0) is 9.59 Å². The molecule has 45 heavy (non-hydrogen) atoms. The predicted octanol–water partition coefficient (Wildman–Crippen LogP) is 8.89. The first-order valence-electron chi connectivity index (χ1n) is 14.8. The molecule has 0 N–H and O–H groups in total. The monoisotopic (exact) mass is 594 g/mol. The first kappa shape index (κ1) is 32.2. The van der Waals surface area contributed by atoms with Gasteiger partial charge in [0.05, 0.1) is 23.3 Å². The molecule has 4 rings (SSSR count). The van der Waals surface area contributed by atoms with Crippen LogP contribution in [0.3, 0.4) is 0 Å². The van der Waals surface area contributed by atoms with Crippen molar-refractivity contribution in [3.63, 3.8) is 0 Å². The third-order valence-corrected chi connectivity index (χ3v) is 7.07. The van der Waals surface area contributed by atoms with E-state index in [0.717, 1.165) is 33.4 Å². The third kappa shape index (κ3) is 10.2. The molecular weight excluding hydrogens is 560 g/mol. The van der Waals surface area contributed by atoms with Crippen molar-refractivity contribution in [2.45, 2.75) is 46.0 Å². The van der Waals surface area contributed by atoms with Gasteiger partial charge in [-0.2, -0.15) is 10.5 Å². The van der Waals surface area contributed by atoms with Crippen LogP contribution in [0.25, 0.3) is 23.3 Å². The number of esters is 2. The van der Waals surface area contributed by atoms with Crippen LogP contribution < -0.4 is 9.47 Å². The molecule has 0 atom stereocenters. The number of ether oxygens (including phenoxy) is 2. The molecule has 0 heterocycles. The van der Waals surface area contributed by atoms with Crippen molar-refractivity contribution >= 4 is 35.2 Å². The Hall–Kier alpha value is -5.72. The Bertz CT molecular complexity index is 1620. The van der Waals surface area contributed by atoms with Gasteiger partial charge in [0.1, 0.15) is 11.5 Å². The van der Waals surface area contributed by atoms with E-state index in [4.69, 9.17) is 9.47 Å². The Kier molecular flexibility index (Phi) is 11.6. The summed E-state index contributed by atoms with van der Waals surface area (Å²) >= 11 is 0. The topological polar surface area (TPSA) is 100 Å². The van der Waals surface area contributed by atoms with E-state index in [2.05, 4.69) is 12.1 Å². The van der Waals surface area contributed by atoms with Crippen molar-refractivity contribution in [1.82, 2.24) is 0 Å². The van der Waals surface area contributed by atoms with Crippen LogP contribution in [0.4, 0.5) is 0 Å². The fourth-order valence-corrected chi connectivity index (χ4v) is 4.50. The molecule has 0 saturated carbocycles. The van der Waals surface area contributed by atoms with Crippen molar-refractivity contribution < 1.29 is 19.1 Å². The van der Waals surface area contributed by atoms with Gasteiger partial charge in [-0.1, -0.05) is 90.3 Å². The molecule has 0 aliphatic heterocycles. The lowest BCUT2D eigenvalue weighted by molar-refractivity contribution is -0.134. The minimum Gasteiger partial charge on any atom is -0.427 e. The second-order valence-electron chi connectivity index (χ2n) is 10.7. The highest BCUT2D eigenvalue weighted by Gasteiger charge is 2.09. The molecule has 0 spiro atoms. The number of nitrogens with zero attached hydrogens (tertiary/aromatic N) is 2. The zero-order chi connectivity index (χ0) is 32.0. The summed E-state index contributed by atoms with van der Waals surface area (Å²) in [5.74, 6) is 0.203. The summed E-state index contributed by atoms with van der Waals surface area (Å²) in [6, 6.07) is 34.1. The maximum absolute atomic E-state index is 12.3. The molecule has 4 aromatic rings. The first-order valence-corrected chi connectivity index (χ1v) is 14.8. The molecule has 0 unspecified atom stereocenters. The second-order valence-corrected chi connectivity index (χ2v) is 10.7. The van der Waals surface area contributed by atoms with Gasteiger partial charge in [0.2, 0.25) is 0 Å². The van der Waals surface area contributed by atoms with Gasteiger partial charge < -0.3 is 9.47 Å². The molecule has 6 heteroatoms. The maximum atomic E-state index is 12.3. The number of allylic oxidation sites excluding steroid dienone is 2. The van der Waals surface area contributed by atoms with E-state index in [1.807, 2.05) is 62.4 Å². The minimum absolute atomic E-state index is 0.241. The van der Waals surface area contributed by atoms with Crippen LogP contribution in [0.2, 0.25) is 0 Å². The molecule has 0 fully saturated rings. The Morgan fingerprint density at radius 2 is 0.911 bits per heavy atom. The molecule has 0 saturated heterocycles. The van der Waals surface area contributed by atoms with E-state index >= 15 is 0 Å². The van der Waals surface area contributed by atoms with Crippen molar-refractivity contribution in [3.05, 3.63) is 130 Å². The Labute approximate surface area is 264 Å². The molecular formula is C39H34N2O4. The van der Waals surface area contributed by atoms with Crippen molar-refractivity contribution in [3.8, 4) is 23.6 Å². The van der Waals surface area contributed by atoms with Crippen LogP contribution >= 0.6 is 0 Å². The van der Waals surface area contributed by atoms with Crippen molar-refractivity contribution in [2.75, 3.05) is 0 Å². The van der Waals surface area contributed by atoms with Gasteiger partial charge in [0, 0.05) is 12.8 Å². The summed E-state index contributed by atoms with van der Waals surface area (Å²) in [5, 5.41) is 19.1. The highest BCUT2D eigenvalue weighted by molar-refractivity contribution is 5.90. The SMILES string of the molecule is Cc1ccc(/C(C#N)=C/c2ccc(OC(=O)CCCCCC(=O)Oc3ccc(/C=C(/C#N)c4ccc(C)cc4)cc3)cc2)cc1. The number of hydrogen-bond acceptors (Lipinski definition) is 6. The van der Waals surface area contributed by atoms with Crippen LogP contribution in [0.1, 0.15) is 65.5 Å². The summed E-state index contributed by atoms with van der Waals surface area (Å²) in [6.45, 7) is 4.00. The van der Waals surface area contributed by atoms with E-state index in [1.54, 1.807) is 60.7 Å². The number of rotatable bonds is 12. The van der Waals surface area contributed by atoms with Crippen LogP contribution in [0, 0.1) is 36.5 Å². The van der Waals surface area contributed by atoms with E-state index in [9.17, 15) is 20.1 Å². The number of hydrogen-bond donors (Lipinski definition) is 0. The van der Waals surface area contributed by atoms with Crippen LogP contribution in [0.15, 0.2) is 97.1 Å². The number of benzene rings is 4. The fourth-order valence-electron chi connectivity index (χ4n) is 4.50. The number of unbranched alkanes of at least 4 members (excludes halogenated alkanes) is 2. The zero-order valence-corrected chi connectivity index (χ0v) is 25.5. The van der Waals surface area contributed by atoms with Gasteiger partial charge >= 0.3 is 11.9 Å². The molecule has 6 nitrogen and oxygen atoms in total. The van der Waals surface area contributed by atoms with Gasteiger partial charge in [0.15, 0.2) is 0 Å². The van der Waals surface area contributed by atoms with Gasteiger partial charge in [-0.3, -0.25) is 9.59 Å². The van der Waals surface area contributed by atoms with Gasteiger partial charge in [-0.05, 0) is 85.4 Å². The average Bonchev–Trinajstić information content (AvgIpc) is 3.05. The standard InChI is InChI=1S/C39H34N2O4/c1-28-8-16-32(17-9-28)34(26-40)24-30-12-20-36(21-13-30)44-38(42)6-4-3-5-7-39(43)45-37-22-14-31(15-23-37)25-35(27-41)33-18-10-29(2)11-19-33/h8-25H,3-7H2,1-2H3/b34-24-,35-25+. The Morgan fingerprint density at radius 3 is 1.24 bits per heavy atom. The average molecular weight is 595 g/mol. The Morgan fingerprint density at radius 1 is 0.556 bits per heavy atom.